The minimum atomic E-state index is -0.839. The first-order chi connectivity index (χ1) is 9.01. The lowest BCUT2D eigenvalue weighted by molar-refractivity contribution is -0.138. The van der Waals surface area contributed by atoms with Crippen LogP contribution in [-0.4, -0.2) is 24.2 Å². The van der Waals surface area contributed by atoms with Crippen LogP contribution in [0.25, 0.3) is 0 Å². The Balaban J connectivity index is 2.38. The van der Waals surface area contributed by atoms with Gasteiger partial charge in [0.2, 0.25) is 0 Å². The summed E-state index contributed by atoms with van der Waals surface area (Å²) >= 11 is 0. The van der Waals surface area contributed by atoms with Gasteiger partial charge in [0.1, 0.15) is 11.6 Å². The average Bonchev–Trinajstić information content (AvgIpc) is 2.35. The summed E-state index contributed by atoms with van der Waals surface area (Å²) in [5, 5.41) is 8.74. The summed E-state index contributed by atoms with van der Waals surface area (Å²) < 4.78 is 18.4. The highest BCUT2D eigenvalue weighted by Crippen LogP contribution is 2.18. The van der Waals surface area contributed by atoms with E-state index < -0.39 is 5.97 Å². The number of hydrogen-bond donors (Lipinski definition) is 2. The molecule has 1 aromatic rings. The van der Waals surface area contributed by atoms with Crippen molar-refractivity contribution in [1.82, 2.24) is 0 Å². The molecule has 0 saturated heterocycles. The number of carbonyl (C=O) groups is 1. The minimum Gasteiger partial charge on any atom is -0.493 e. The number of carboxylic acids is 1. The van der Waals surface area contributed by atoms with Crippen molar-refractivity contribution in [3.8, 4) is 5.75 Å². The van der Waals surface area contributed by atoms with E-state index >= 15 is 0 Å². The lowest BCUT2D eigenvalue weighted by Crippen LogP contribution is -2.22. The monoisotopic (exact) mass is 269 g/mol. The number of benzene rings is 1. The predicted octanol–water partition coefficient (Wildman–Crippen LogP) is 2.28. The Morgan fingerprint density at radius 2 is 2.26 bits per heavy atom. The first-order valence-corrected chi connectivity index (χ1v) is 6.31. The number of hydrogen-bond acceptors (Lipinski definition) is 3. The summed E-state index contributed by atoms with van der Waals surface area (Å²) in [4.78, 5) is 10.6. The minimum absolute atomic E-state index is 0.0522. The number of aliphatic carboxylic acids is 1. The van der Waals surface area contributed by atoms with Gasteiger partial charge in [-0.3, -0.25) is 4.79 Å². The Hall–Kier alpha value is -1.62. The van der Waals surface area contributed by atoms with E-state index in [0.717, 1.165) is 0 Å². The Bertz CT molecular complexity index is 411. The van der Waals surface area contributed by atoms with Crippen LogP contribution in [0.1, 0.15) is 19.8 Å². The van der Waals surface area contributed by atoms with Crippen LogP contribution in [0.15, 0.2) is 24.3 Å². The van der Waals surface area contributed by atoms with E-state index in [9.17, 15) is 9.18 Å². The van der Waals surface area contributed by atoms with Gasteiger partial charge in [0.05, 0.1) is 6.61 Å². The molecule has 0 bridgehead atoms. The van der Waals surface area contributed by atoms with Crippen LogP contribution < -0.4 is 10.5 Å². The van der Waals surface area contributed by atoms with Crippen molar-refractivity contribution in [2.75, 3.05) is 13.2 Å². The van der Waals surface area contributed by atoms with E-state index in [1.807, 2.05) is 6.92 Å². The molecule has 0 aliphatic rings. The summed E-state index contributed by atoms with van der Waals surface area (Å²) in [5.74, 6) is -0.585. The van der Waals surface area contributed by atoms with E-state index in [0.29, 0.717) is 25.3 Å². The summed E-state index contributed by atoms with van der Waals surface area (Å²) in [7, 11) is 0. The molecule has 1 rings (SSSR count). The van der Waals surface area contributed by atoms with Gasteiger partial charge in [-0.1, -0.05) is 13.0 Å². The summed E-state index contributed by atoms with van der Waals surface area (Å²) in [6, 6.07) is 5.95. The number of ether oxygens (including phenoxy) is 1. The zero-order valence-electron chi connectivity index (χ0n) is 11.0. The van der Waals surface area contributed by atoms with Crippen molar-refractivity contribution < 1.29 is 19.0 Å². The van der Waals surface area contributed by atoms with Crippen LogP contribution in [0.5, 0.6) is 5.75 Å². The summed E-state index contributed by atoms with van der Waals surface area (Å²) in [6.07, 6.45) is 0.749. The second-order valence-corrected chi connectivity index (χ2v) is 4.81. The molecule has 3 N–H and O–H groups in total. The number of nitrogens with two attached hydrogens (primary N) is 1. The third kappa shape index (κ3) is 6.20. The molecule has 0 radical (unpaired) electrons. The predicted molar refractivity (Wildman–Crippen MR) is 70.5 cm³/mol. The molecule has 1 aromatic carbocycles. The fraction of sp³-hybridized carbons (Fsp3) is 0.500. The number of rotatable bonds is 8. The van der Waals surface area contributed by atoms with Crippen molar-refractivity contribution in [3.63, 3.8) is 0 Å². The van der Waals surface area contributed by atoms with E-state index in [2.05, 4.69) is 0 Å². The third-order valence-corrected chi connectivity index (χ3v) is 2.86. The van der Waals surface area contributed by atoms with Gasteiger partial charge in [-0.2, -0.15) is 0 Å². The Morgan fingerprint density at radius 1 is 1.53 bits per heavy atom. The van der Waals surface area contributed by atoms with Crippen LogP contribution in [-0.2, 0) is 4.79 Å². The molecule has 0 unspecified atom stereocenters. The number of carboxylic acid groups (broad SMARTS) is 1. The van der Waals surface area contributed by atoms with Gasteiger partial charge in [-0.05, 0) is 36.9 Å². The quantitative estimate of drug-likeness (QED) is 0.759. The molecule has 0 aromatic heterocycles. The fourth-order valence-electron chi connectivity index (χ4n) is 1.94. The highest BCUT2D eigenvalue weighted by Gasteiger charge is 2.15. The Morgan fingerprint density at radius 3 is 2.84 bits per heavy atom. The normalized spacial score (nSPS) is 13.8. The maximum atomic E-state index is 12.9. The van der Waals surface area contributed by atoms with Gasteiger partial charge in [-0.25, -0.2) is 4.39 Å². The molecule has 0 fully saturated rings. The summed E-state index contributed by atoms with van der Waals surface area (Å²) in [6.45, 7) is 2.72. The van der Waals surface area contributed by atoms with Gasteiger partial charge in [0.25, 0.3) is 0 Å². The molecule has 5 heteroatoms. The zero-order chi connectivity index (χ0) is 14.3. The highest BCUT2D eigenvalue weighted by atomic mass is 19.1. The maximum Gasteiger partial charge on any atom is 0.303 e. The van der Waals surface area contributed by atoms with Crippen LogP contribution >= 0.6 is 0 Å². The largest absolute Gasteiger partial charge is 0.493 e. The van der Waals surface area contributed by atoms with Crippen molar-refractivity contribution >= 4 is 5.97 Å². The highest BCUT2D eigenvalue weighted by molar-refractivity contribution is 5.67. The van der Waals surface area contributed by atoms with Crippen LogP contribution in [0.3, 0.4) is 0 Å². The lowest BCUT2D eigenvalue weighted by Gasteiger charge is -2.18. The fourth-order valence-corrected chi connectivity index (χ4v) is 1.94. The molecule has 0 spiro atoms. The van der Waals surface area contributed by atoms with E-state index in [1.165, 1.54) is 12.1 Å². The lowest BCUT2D eigenvalue weighted by atomic mass is 9.94. The molecule has 0 saturated carbocycles. The smallest absolute Gasteiger partial charge is 0.303 e. The molecule has 19 heavy (non-hydrogen) atoms. The van der Waals surface area contributed by atoms with E-state index in [-0.39, 0.29) is 24.1 Å². The second-order valence-electron chi connectivity index (χ2n) is 4.81. The first kappa shape index (κ1) is 15.4. The van der Waals surface area contributed by atoms with Crippen molar-refractivity contribution in [1.29, 1.82) is 0 Å². The standard InChI is InChI=1S/C14H20FNO3/c1-10(5-11(8-16)6-14(17)18)9-19-13-4-2-3-12(15)7-13/h2-4,7,10-11H,5-6,8-9,16H2,1H3,(H,17,18)/t10-,11-/m0/s1. The Kier molecular flexibility index (Phi) is 6.29. The molecule has 2 atom stereocenters. The maximum absolute atomic E-state index is 12.9. The average molecular weight is 269 g/mol. The molecular formula is C14H20FNO3. The summed E-state index contributed by atoms with van der Waals surface area (Å²) in [5.41, 5.74) is 5.54. The van der Waals surface area contributed by atoms with Gasteiger partial charge >= 0.3 is 5.97 Å². The van der Waals surface area contributed by atoms with Crippen molar-refractivity contribution in [3.05, 3.63) is 30.1 Å². The topological polar surface area (TPSA) is 72.5 Å². The van der Waals surface area contributed by atoms with Crippen molar-refractivity contribution in [2.24, 2.45) is 17.6 Å². The SMILES string of the molecule is C[C@H](COc1cccc(F)c1)C[C@H](CN)CC(=O)O. The number of halogens is 1. The molecule has 0 aliphatic heterocycles. The molecule has 106 valence electrons. The van der Waals surface area contributed by atoms with Gasteiger partial charge in [0.15, 0.2) is 0 Å². The zero-order valence-corrected chi connectivity index (χ0v) is 11.0. The molecule has 0 amide bonds. The van der Waals surface area contributed by atoms with Crippen LogP contribution in [0, 0.1) is 17.7 Å². The molecule has 0 aliphatic carbocycles. The molecular weight excluding hydrogens is 249 g/mol. The molecule has 4 nitrogen and oxygen atoms in total. The van der Waals surface area contributed by atoms with Crippen LogP contribution in [0.2, 0.25) is 0 Å². The van der Waals surface area contributed by atoms with Crippen LogP contribution in [0.4, 0.5) is 4.39 Å². The van der Waals surface area contributed by atoms with E-state index in [4.69, 9.17) is 15.6 Å². The Labute approximate surface area is 112 Å². The van der Waals surface area contributed by atoms with E-state index in [1.54, 1.807) is 12.1 Å². The van der Waals surface area contributed by atoms with Gasteiger partial charge in [0, 0.05) is 12.5 Å². The van der Waals surface area contributed by atoms with Gasteiger partial charge in [-0.15, -0.1) is 0 Å². The second kappa shape index (κ2) is 7.74. The van der Waals surface area contributed by atoms with Gasteiger partial charge < -0.3 is 15.6 Å². The first-order valence-electron chi connectivity index (χ1n) is 6.31. The third-order valence-electron chi connectivity index (χ3n) is 2.86. The molecule has 0 heterocycles. The van der Waals surface area contributed by atoms with Crippen molar-refractivity contribution in [2.45, 2.75) is 19.8 Å².